The summed E-state index contributed by atoms with van der Waals surface area (Å²) in [5.74, 6) is 1.16. The van der Waals surface area contributed by atoms with Crippen LogP contribution in [-0.4, -0.2) is 27.6 Å². The summed E-state index contributed by atoms with van der Waals surface area (Å²) in [6, 6.07) is 1.73. The van der Waals surface area contributed by atoms with Crippen LogP contribution in [0, 0.1) is 12.8 Å². The lowest BCUT2D eigenvalue weighted by Crippen LogP contribution is -2.31. The average molecular weight is 258 g/mol. The molecule has 1 N–H and O–H groups in total. The van der Waals surface area contributed by atoms with Crippen molar-refractivity contribution in [2.45, 2.75) is 26.5 Å². The molecule has 0 saturated carbocycles. The van der Waals surface area contributed by atoms with Crippen LogP contribution in [0.25, 0.3) is 0 Å². The SMILES string of the molecule is Cc1cc(C[S@](=O)CC(=O)NCC(C)C)no1. The van der Waals surface area contributed by atoms with Crippen molar-refractivity contribution in [3.8, 4) is 0 Å². The number of carbonyl (C=O) groups is 1. The van der Waals surface area contributed by atoms with Crippen LogP contribution in [0.3, 0.4) is 0 Å². The minimum Gasteiger partial charge on any atom is -0.361 e. The summed E-state index contributed by atoms with van der Waals surface area (Å²) >= 11 is 0. The van der Waals surface area contributed by atoms with Crippen molar-refractivity contribution >= 4 is 16.7 Å². The first-order valence-corrected chi connectivity index (χ1v) is 7.00. The van der Waals surface area contributed by atoms with Crippen molar-refractivity contribution in [2.24, 2.45) is 5.92 Å². The van der Waals surface area contributed by atoms with E-state index in [-0.39, 0.29) is 17.4 Å². The van der Waals surface area contributed by atoms with Gasteiger partial charge >= 0.3 is 0 Å². The van der Waals surface area contributed by atoms with Crippen LogP contribution in [0.1, 0.15) is 25.3 Å². The summed E-state index contributed by atoms with van der Waals surface area (Å²) in [5, 5.41) is 6.47. The van der Waals surface area contributed by atoms with E-state index in [4.69, 9.17) is 4.52 Å². The van der Waals surface area contributed by atoms with Gasteiger partial charge in [0.2, 0.25) is 5.91 Å². The number of nitrogens with one attached hydrogen (secondary N) is 1. The first-order chi connectivity index (χ1) is 7.97. The van der Waals surface area contributed by atoms with Gasteiger partial charge in [-0.25, -0.2) is 0 Å². The van der Waals surface area contributed by atoms with E-state index in [1.54, 1.807) is 13.0 Å². The molecule has 5 nitrogen and oxygen atoms in total. The Kier molecular flexibility index (Phi) is 5.34. The third kappa shape index (κ3) is 5.63. The van der Waals surface area contributed by atoms with E-state index in [2.05, 4.69) is 10.5 Å². The second kappa shape index (κ2) is 6.54. The lowest BCUT2D eigenvalue weighted by molar-refractivity contribution is -0.118. The van der Waals surface area contributed by atoms with Gasteiger partial charge in [0, 0.05) is 23.4 Å². The Bertz CT molecular complexity index is 401. The van der Waals surface area contributed by atoms with Crippen molar-refractivity contribution in [1.82, 2.24) is 10.5 Å². The Morgan fingerprint density at radius 1 is 1.59 bits per heavy atom. The standard InChI is InChI=1S/C11H18N2O3S/c1-8(2)5-12-11(14)7-17(15)6-10-4-9(3)16-13-10/h4,8H,5-7H2,1-3H3,(H,12,14)/t17-/m0/s1. The zero-order chi connectivity index (χ0) is 12.8. The van der Waals surface area contributed by atoms with Crippen LogP contribution >= 0.6 is 0 Å². The summed E-state index contributed by atoms with van der Waals surface area (Å²) in [6.45, 7) is 6.40. The molecular weight excluding hydrogens is 240 g/mol. The smallest absolute Gasteiger partial charge is 0.232 e. The normalized spacial score (nSPS) is 12.7. The van der Waals surface area contributed by atoms with Crippen molar-refractivity contribution in [1.29, 1.82) is 0 Å². The van der Waals surface area contributed by atoms with E-state index in [9.17, 15) is 9.00 Å². The van der Waals surface area contributed by atoms with Gasteiger partial charge < -0.3 is 9.84 Å². The fraction of sp³-hybridized carbons (Fsp3) is 0.636. The highest BCUT2D eigenvalue weighted by molar-refractivity contribution is 7.84. The van der Waals surface area contributed by atoms with E-state index >= 15 is 0 Å². The van der Waals surface area contributed by atoms with Gasteiger partial charge in [-0.05, 0) is 12.8 Å². The Labute approximate surface area is 103 Å². The molecule has 0 aliphatic carbocycles. The number of hydrogen-bond donors (Lipinski definition) is 1. The summed E-state index contributed by atoms with van der Waals surface area (Å²) in [7, 11) is -1.24. The minimum absolute atomic E-state index is 0.0125. The molecule has 17 heavy (non-hydrogen) atoms. The Balaban J connectivity index is 2.32. The zero-order valence-electron chi connectivity index (χ0n) is 10.4. The van der Waals surface area contributed by atoms with E-state index in [1.165, 1.54) is 0 Å². The predicted molar refractivity (Wildman–Crippen MR) is 65.8 cm³/mol. The quantitative estimate of drug-likeness (QED) is 0.826. The molecule has 0 saturated heterocycles. The van der Waals surface area contributed by atoms with E-state index in [1.807, 2.05) is 13.8 Å². The maximum absolute atomic E-state index is 11.6. The van der Waals surface area contributed by atoms with E-state index in [0.29, 0.717) is 23.9 Å². The summed E-state index contributed by atoms with van der Waals surface area (Å²) in [4.78, 5) is 11.4. The Hall–Kier alpha value is -1.17. The summed E-state index contributed by atoms with van der Waals surface area (Å²) in [6.07, 6.45) is 0. The van der Waals surface area contributed by atoms with Crippen LogP contribution in [-0.2, 0) is 21.3 Å². The molecule has 0 aromatic carbocycles. The summed E-state index contributed by atoms with van der Waals surface area (Å²) < 4.78 is 16.5. The van der Waals surface area contributed by atoms with Gasteiger partial charge in [-0.15, -0.1) is 0 Å². The molecule has 0 unspecified atom stereocenters. The van der Waals surface area contributed by atoms with Crippen LogP contribution in [0.2, 0.25) is 0 Å². The van der Waals surface area contributed by atoms with Crippen LogP contribution in [0.4, 0.5) is 0 Å². The van der Waals surface area contributed by atoms with Gasteiger partial charge in [-0.3, -0.25) is 9.00 Å². The van der Waals surface area contributed by atoms with Crippen molar-refractivity contribution in [3.63, 3.8) is 0 Å². The molecule has 0 fully saturated rings. The topological polar surface area (TPSA) is 72.2 Å². The molecule has 0 bridgehead atoms. The van der Waals surface area contributed by atoms with Crippen LogP contribution in [0.5, 0.6) is 0 Å². The molecule has 0 spiro atoms. The van der Waals surface area contributed by atoms with Crippen molar-refractivity contribution in [2.75, 3.05) is 12.3 Å². The minimum atomic E-state index is -1.24. The second-order valence-corrected chi connectivity index (χ2v) is 5.81. The number of hydrogen-bond acceptors (Lipinski definition) is 4. The summed E-state index contributed by atoms with van der Waals surface area (Å²) in [5.41, 5.74) is 0.623. The molecule has 0 aliphatic rings. The van der Waals surface area contributed by atoms with E-state index < -0.39 is 10.8 Å². The maximum atomic E-state index is 11.6. The maximum Gasteiger partial charge on any atom is 0.232 e. The Morgan fingerprint density at radius 2 is 2.29 bits per heavy atom. The molecule has 0 aliphatic heterocycles. The number of amides is 1. The molecule has 0 radical (unpaired) electrons. The van der Waals surface area contributed by atoms with Gasteiger partial charge in [0.25, 0.3) is 0 Å². The third-order valence-corrected chi connectivity index (χ3v) is 3.19. The third-order valence-electron chi connectivity index (χ3n) is 1.99. The number of carbonyl (C=O) groups excluding carboxylic acids is 1. The van der Waals surface area contributed by atoms with Gasteiger partial charge in [-0.1, -0.05) is 19.0 Å². The number of nitrogens with zero attached hydrogens (tertiary/aromatic N) is 1. The first-order valence-electron chi connectivity index (χ1n) is 5.51. The van der Waals surface area contributed by atoms with Gasteiger partial charge in [-0.2, -0.15) is 0 Å². The number of aromatic nitrogens is 1. The highest BCUT2D eigenvalue weighted by atomic mass is 32.2. The molecule has 1 aromatic heterocycles. The molecule has 96 valence electrons. The molecule has 1 rings (SSSR count). The number of rotatable bonds is 6. The molecule has 1 amide bonds. The van der Waals surface area contributed by atoms with E-state index in [0.717, 1.165) is 0 Å². The number of aryl methyl sites for hydroxylation is 1. The van der Waals surface area contributed by atoms with Crippen molar-refractivity contribution < 1.29 is 13.5 Å². The Morgan fingerprint density at radius 3 is 2.82 bits per heavy atom. The lowest BCUT2D eigenvalue weighted by Gasteiger charge is -2.06. The molecule has 1 heterocycles. The monoisotopic (exact) mass is 258 g/mol. The zero-order valence-corrected chi connectivity index (χ0v) is 11.2. The van der Waals surface area contributed by atoms with Crippen LogP contribution in [0.15, 0.2) is 10.6 Å². The second-order valence-electron chi connectivity index (χ2n) is 4.36. The molecule has 1 atom stereocenters. The van der Waals surface area contributed by atoms with Gasteiger partial charge in [0.15, 0.2) is 0 Å². The highest BCUT2D eigenvalue weighted by Gasteiger charge is 2.11. The van der Waals surface area contributed by atoms with Crippen molar-refractivity contribution in [3.05, 3.63) is 17.5 Å². The fourth-order valence-electron chi connectivity index (χ4n) is 1.22. The average Bonchev–Trinajstić information content (AvgIpc) is 2.60. The largest absolute Gasteiger partial charge is 0.361 e. The lowest BCUT2D eigenvalue weighted by atomic mass is 10.2. The van der Waals surface area contributed by atoms with Gasteiger partial charge in [0.05, 0.1) is 11.4 Å². The predicted octanol–water partition coefficient (Wildman–Crippen LogP) is 1.00. The van der Waals surface area contributed by atoms with Crippen LogP contribution < -0.4 is 5.32 Å². The van der Waals surface area contributed by atoms with Gasteiger partial charge in [0.1, 0.15) is 11.5 Å². The fourth-order valence-corrected chi connectivity index (χ4v) is 2.18. The molecular formula is C11H18N2O3S. The highest BCUT2D eigenvalue weighted by Crippen LogP contribution is 2.04. The first kappa shape index (κ1) is 13.9. The molecule has 1 aromatic rings. The molecule has 6 heteroatoms.